The lowest BCUT2D eigenvalue weighted by Gasteiger charge is -2.36. The molecule has 1 rings (SSSR count). The first-order valence-corrected chi connectivity index (χ1v) is 6.09. The Labute approximate surface area is 94.2 Å². The molecular formula is C12H26N2O. The van der Waals surface area contributed by atoms with Gasteiger partial charge in [0.15, 0.2) is 0 Å². The summed E-state index contributed by atoms with van der Waals surface area (Å²) in [6.07, 6.45) is 3.04. The van der Waals surface area contributed by atoms with E-state index in [0.717, 1.165) is 12.5 Å². The molecule has 0 spiro atoms. The Bertz CT molecular complexity index is 175. The molecule has 1 N–H and O–H groups in total. The fourth-order valence-electron chi connectivity index (χ4n) is 2.34. The Morgan fingerprint density at radius 3 is 2.80 bits per heavy atom. The molecule has 3 nitrogen and oxygen atoms in total. The summed E-state index contributed by atoms with van der Waals surface area (Å²) in [7, 11) is 3.85. The summed E-state index contributed by atoms with van der Waals surface area (Å²) in [6, 6.07) is 0.630. The van der Waals surface area contributed by atoms with E-state index in [1.807, 2.05) is 0 Å². The first-order chi connectivity index (χ1) is 7.17. The Morgan fingerprint density at radius 2 is 2.20 bits per heavy atom. The molecule has 1 saturated heterocycles. The van der Waals surface area contributed by atoms with Gasteiger partial charge in [-0.25, -0.2) is 0 Å². The second-order valence-corrected chi connectivity index (χ2v) is 4.79. The van der Waals surface area contributed by atoms with Gasteiger partial charge in [0.1, 0.15) is 0 Å². The quantitative estimate of drug-likeness (QED) is 0.747. The molecule has 1 heterocycles. The van der Waals surface area contributed by atoms with Crippen LogP contribution in [0.4, 0.5) is 0 Å². The van der Waals surface area contributed by atoms with E-state index in [9.17, 15) is 0 Å². The van der Waals surface area contributed by atoms with Gasteiger partial charge in [-0.2, -0.15) is 0 Å². The van der Waals surface area contributed by atoms with Crippen molar-refractivity contribution in [3.63, 3.8) is 0 Å². The predicted molar refractivity (Wildman–Crippen MR) is 64.2 cm³/mol. The molecule has 1 aliphatic heterocycles. The lowest BCUT2D eigenvalue weighted by Crippen LogP contribution is -2.45. The van der Waals surface area contributed by atoms with Crippen molar-refractivity contribution in [1.82, 2.24) is 10.2 Å². The number of hydrogen-bond acceptors (Lipinski definition) is 3. The van der Waals surface area contributed by atoms with Crippen LogP contribution in [0.3, 0.4) is 0 Å². The molecule has 0 bridgehead atoms. The van der Waals surface area contributed by atoms with Crippen molar-refractivity contribution in [2.45, 2.75) is 38.8 Å². The van der Waals surface area contributed by atoms with E-state index >= 15 is 0 Å². The number of piperidine rings is 1. The minimum atomic E-state index is 0.355. The molecule has 0 aromatic carbocycles. The smallest absolute Gasteiger partial charge is 0.0670 e. The summed E-state index contributed by atoms with van der Waals surface area (Å²) >= 11 is 0. The fraction of sp³-hybridized carbons (Fsp3) is 1.00. The van der Waals surface area contributed by atoms with Crippen LogP contribution in [0.1, 0.15) is 26.7 Å². The van der Waals surface area contributed by atoms with Crippen LogP contribution in [-0.2, 0) is 4.74 Å². The van der Waals surface area contributed by atoms with E-state index in [1.165, 1.54) is 25.9 Å². The van der Waals surface area contributed by atoms with Crippen molar-refractivity contribution in [1.29, 1.82) is 0 Å². The lowest BCUT2D eigenvalue weighted by atomic mass is 9.91. The van der Waals surface area contributed by atoms with Crippen molar-refractivity contribution in [3.05, 3.63) is 0 Å². The van der Waals surface area contributed by atoms with Gasteiger partial charge in [-0.1, -0.05) is 0 Å². The third-order valence-electron chi connectivity index (χ3n) is 3.62. The first kappa shape index (κ1) is 12.9. The molecule has 1 fully saturated rings. The number of hydrogen-bond donors (Lipinski definition) is 1. The molecule has 0 aromatic rings. The minimum absolute atomic E-state index is 0.355. The summed E-state index contributed by atoms with van der Waals surface area (Å²) in [5, 5.41) is 3.36. The number of likely N-dealkylation sites (tertiary alicyclic amines) is 1. The zero-order chi connectivity index (χ0) is 11.3. The van der Waals surface area contributed by atoms with Gasteiger partial charge in [-0.05, 0) is 46.2 Å². The van der Waals surface area contributed by atoms with Gasteiger partial charge >= 0.3 is 0 Å². The van der Waals surface area contributed by atoms with Crippen molar-refractivity contribution >= 4 is 0 Å². The number of nitrogens with zero attached hydrogens (tertiary/aromatic N) is 1. The van der Waals surface area contributed by atoms with Crippen LogP contribution in [-0.4, -0.2) is 50.8 Å². The largest absolute Gasteiger partial charge is 0.380 e. The summed E-state index contributed by atoms with van der Waals surface area (Å²) < 4.78 is 5.32. The molecule has 90 valence electrons. The Morgan fingerprint density at radius 1 is 1.47 bits per heavy atom. The van der Waals surface area contributed by atoms with Gasteiger partial charge in [0.05, 0.1) is 6.10 Å². The van der Waals surface area contributed by atoms with Gasteiger partial charge < -0.3 is 15.0 Å². The monoisotopic (exact) mass is 214 g/mol. The highest BCUT2D eigenvalue weighted by atomic mass is 16.5. The predicted octanol–water partition coefficient (Wildman–Crippen LogP) is 1.34. The van der Waals surface area contributed by atoms with Gasteiger partial charge in [-0.15, -0.1) is 0 Å². The van der Waals surface area contributed by atoms with E-state index in [2.05, 4.69) is 31.1 Å². The number of ether oxygens (including phenoxy) is 1. The van der Waals surface area contributed by atoms with Gasteiger partial charge in [0.2, 0.25) is 0 Å². The maximum atomic E-state index is 5.32. The number of rotatable bonds is 5. The molecule has 1 aliphatic rings. The minimum Gasteiger partial charge on any atom is -0.380 e. The van der Waals surface area contributed by atoms with Crippen LogP contribution in [0.5, 0.6) is 0 Å². The van der Waals surface area contributed by atoms with E-state index in [1.54, 1.807) is 7.11 Å². The van der Waals surface area contributed by atoms with Crippen LogP contribution in [0.25, 0.3) is 0 Å². The lowest BCUT2D eigenvalue weighted by molar-refractivity contribution is 0.0551. The second-order valence-electron chi connectivity index (χ2n) is 4.79. The van der Waals surface area contributed by atoms with Crippen molar-refractivity contribution in [2.24, 2.45) is 5.92 Å². The molecule has 0 radical (unpaired) electrons. The van der Waals surface area contributed by atoms with Crippen LogP contribution in [0.2, 0.25) is 0 Å². The summed E-state index contributed by atoms with van der Waals surface area (Å²) in [5.41, 5.74) is 0. The van der Waals surface area contributed by atoms with Crippen LogP contribution < -0.4 is 5.32 Å². The third kappa shape index (κ3) is 4.09. The van der Waals surface area contributed by atoms with Crippen molar-refractivity contribution in [3.8, 4) is 0 Å². The molecule has 0 aromatic heterocycles. The summed E-state index contributed by atoms with van der Waals surface area (Å²) in [5.74, 6) is 0.799. The van der Waals surface area contributed by atoms with Crippen molar-refractivity contribution < 1.29 is 4.74 Å². The van der Waals surface area contributed by atoms with E-state index in [4.69, 9.17) is 4.74 Å². The molecule has 0 aliphatic carbocycles. The van der Waals surface area contributed by atoms with Crippen molar-refractivity contribution in [2.75, 3.05) is 33.8 Å². The SMILES string of the molecule is CNC(C)C1CCCN(CC(C)OC)C1. The Balaban J connectivity index is 2.35. The average Bonchev–Trinajstić information content (AvgIpc) is 2.28. The summed E-state index contributed by atoms with van der Waals surface area (Å²) in [6.45, 7) is 7.96. The topological polar surface area (TPSA) is 24.5 Å². The van der Waals surface area contributed by atoms with E-state index in [0.29, 0.717) is 12.1 Å². The molecule has 3 unspecified atom stereocenters. The average molecular weight is 214 g/mol. The van der Waals surface area contributed by atoms with Gasteiger partial charge in [0.25, 0.3) is 0 Å². The number of nitrogens with one attached hydrogen (secondary N) is 1. The summed E-state index contributed by atoms with van der Waals surface area (Å²) in [4.78, 5) is 2.54. The van der Waals surface area contributed by atoms with Gasteiger partial charge in [-0.3, -0.25) is 0 Å². The van der Waals surface area contributed by atoms with Gasteiger partial charge in [0, 0.05) is 26.2 Å². The highest BCUT2D eigenvalue weighted by Crippen LogP contribution is 2.19. The zero-order valence-corrected chi connectivity index (χ0v) is 10.6. The first-order valence-electron chi connectivity index (χ1n) is 6.09. The molecule has 15 heavy (non-hydrogen) atoms. The van der Waals surface area contributed by atoms with Crippen LogP contribution in [0.15, 0.2) is 0 Å². The third-order valence-corrected chi connectivity index (χ3v) is 3.62. The Hall–Kier alpha value is -0.120. The maximum absolute atomic E-state index is 5.32. The Kier molecular flexibility index (Phi) is 5.58. The van der Waals surface area contributed by atoms with Crippen LogP contribution >= 0.6 is 0 Å². The fourth-order valence-corrected chi connectivity index (χ4v) is 2.34. The molecule has 0 saturated carbocycles. The molecular weight excluding hydrogens is 188 g/mol. The van der Waals surface area contributed by atoms with E-state index in [-0.39, 0.29) is 0 Å². The second kappa shape index (κ2) is 6.46. The maximum Gasteiger partial charge on any atom is 0.0670 e. The van der Waals surface area contributed by atoms with E-state index < -0.39 is 0 Å². The molecule has 3 heteroatoms. The zero-order valence-electron chi connectivity index (χ0n) is 10.6. The number of methoxy groups -OCH3 is 1. The highest BCUT2D eigenvalue weighted by Gasteiger charge is 2.24. The molecule has 3 atom stereocenters. The normalized spacial score (nSPS) is 27.6. The van der Waals surface area contributed by atoms with Crippen LogP contribution in [0, 0.1) is 5.92 Å². The molecule has 0 amide bonds. The standard InChI is InChI=1S/C12H26N2O/c1-10(15-4)8-14-7-5-6-12(9-14)11(2)13-3/h10-13H,5-9H2,1-4H3. The highest BCUT2D eigenvalue weighted by molar-refractivity contribution is 4.80.